The van der Waals surface area contributed by atoms with Crippen molar-refractivity contribution < 1.29 is 14.3 Å². The van der Waals surface area contributed by atoms with Crippen molar-refractivity contribution in [2.24, 2.45) is 0 Å². The molecule has 3 N–H and O–H groups in total. The third-order valence-electron chi connectivity index (χ3n) is 6.52. The predicted octanol–water partition coefficient (Wildman–Crippen LogP) is 6.91. The fraction of sp³-hybridized carbons (Fsp3) is 0.176. The second-order valence-corrected chi connectivity index (χ2v) is 11.2. The normalized spacial score (nSPS) is 11.4. The van der Waals surface area contributed by atoms with Crippen LogP contribution >= 0.6 is 11.6 Å². The minimum Gasteiger partial charge on any atom is -0.490 e. The molecule has 0 radical (unpaired) electrons. The topological polar surface area (TPSA) is 113 Å². The average molecular weight is 624 g/mol. The lowest BCUT2D eigenvalue weighted by Crippen LogP contribution is -2.14. The molecule has 2 amide bonds. The Bertz CT molecular complexity index is 1870. The molecule has 45 heavy (non-hydrogen) atoms. The molecule has 2 aromatic heterocycles. The molecule has 3 aromatic carbocycles. The highest BCUT2D eigenvalue weighted by Gasteiger charge is 2.14. The Kier molecular flexibility index (Phi) is 9.76. The van der Waals surface area contributed by atoms with Gasteiger partial charge in [0.25, 0.3) is 5.91 Å². The zero-order chi connectivity index (χ0) is 31.9. The number of nitrogens with one attached hydrogen (secondary N) is 3. The number of amides is 2. The van der Waals surface area contributed by atoms with E-state index in [1.165, 1.54) is 6.08 Å². The molecule has 0 atom stereocenters. The van der Waals surface area contributed by atoms with Crippen LogP contribution in [0, 0.1) is 0 Å². The number of halogens is 1. The SMILES string of the molecule is CC(C)Oc1cccc2c1ccn2-c1nc(Nc2cccc(NC(=O)c3cccc(NC(=O)/C=C/CN(C)C)c3)c2)ncc1Cl. The third kappa shape index (κ3) is 8.05. The standard InChI is InChI=1S/C34H34ClN7O3/c1-22(2)45-30-14-7-13-29-27(30)16-18-42(29)32-28(35)21-36-34(40-32)39-26-12-6-11-25(20-26)38-33(44)23-9-5-10-24(19-23)37-31(43)15-8-17-41(3)4/h5-16,18-22H,17H2,1-4H3,(H,37,43)(H,38,44)(H,36,39,40)/b15-8+. The largest absolute Gasteiger partial charge is 0.490 e. The van der Waals surface area contributed by atoms with E-state index in [1.54, 1.807) is 54.7 Å². The van der Waals surface area contributed by atoms with E-state index in [-0.39, 0.29) is 17.9 Å². The first-order valence-corrected chi connectivity index (χ1v) is 14.7. The molecule has 0 aliphatic carbocycles. The maximum Gasteiger partial charge on any atom is 0.255 e. The van der Waals surface area contributed by atoms with Crippen LogP contribution in [0.15, 0.2) is 97.3 Å². The zero-order valence-corrected chi connectivity index (χ0v) is 26.2. The van der Waals surface area contributed by atoms with Crippen molar-refractivity contribution in [3.05, 3.63) is 108 Å². The van der Waals surface area contributed by atoms with Crippen LogP contribution in [0.4, 0.5) is 23.0 Å². The second-order valence-electron chi connectivity index (χ2n) is 10.8. The van der Waals surface area contributed by atoms with Crippen LogP contribution in [0.5, 0.6) is 5.75 Å². The van der Waals surface area contributed by atoms with Gasteiger partial charge in [0.15, 0.2) is 5.82 Å². The van der Waals surface area contributed by atoms with Gasteiger partial charge in [0.1, 0.15) is 10.8 Å². The summed E-state index contributed by atoms with van der Waals surface area (Å²) in [7, 11) is 3.84. The average Bonchev–Trinajstić information content (AvgIpc) is 3.43. The smallest absolute Gasteiger partial charge is 0.255 e. The summed E-state index contributed by atoms with van der Waals surface area (Å²) < 4.78 is 7.87. The summed E-state index contributed by atoms with van der Waals surface area (Å²) in [6, 6.07) is 21.8. The summed E-state index contributed by atoms with van der Waals surface area (Å²) in [5, 5.41) is 10.2. The number of hydrogen-bond donors (Lipinski definition) is 3. The lowest BCUT2D eigenvalue weighted by Gasteiger charge is -2.13. The molecule has 5 aromatic rings. The van der Waals surface area contributed by atoms with Crippen molar-refractivity contribution >= 4 is 57.3 Å². The molecular weight excluding hydrogens is 590 g/mol. The van der Waals surface area contributed by atoms with Crippen LogP contribution in [0.2, 0.25) is 5.02 Å². The maximum atomic E-state index is 13.1. The van der Waals surface area contributed by atoms with Gasteiger partial charge in [-0.3, -0.25) is 14.2 Å². The summed E-state index contributed by atoms with van der Waals surface area (Å²) >= 11 is 6.55. The quantitative estimate of drug-likeness (QED) is 0.137. The highest BCUT2D eigenvalue weighted by Crippen LogP contribution is 2.31. The van der Waals surface area contributed by atoms with E-state index in [0.717, 1.165) is 16.7 Å². The molecular formula is C34H34ClN7O3. The van der Waals surface area contributed by atoms with Crippen LogP contribution in [-0.4, -0.2) is 58.0 Å². The van der Waals surface area contributed by atoms with E-state index in [4.69, 9.17) is 16.3 Å². The van der Waals surface area contributed by atoms with E-state index in [2.05, 4.69) is 25.9 Å². The number of hydrogen-bond acceptors (Lipinski definition) is 7. The second kappa shape index (κ2) is 14.1. The molecule has 0 bridgehead atoms. The first-order chi connectivity index (χ1) is 21.7. The van der Waals surface area contributed by atoms with Crippen molar-refractivity contribution in [3.63, 3.8) is 0 Å². The Morgan fingerprint density at radius 1 is 0.978 bits per heavy atom. The molecule has 5 rings (SSSR count). The Morgan fingerprint density at radius 2 is 1.71 bits per heavy atom. The number of anilines is 4. The van der Waals surface area contributed by atoms with Gasteiger partial charge < -0.3 is 25.6 Å². The number of aromatic nitrogens is 3. The van der Waals surface area contributed by atoms with Gasteiger partial charge in [0.2, 0.25) is 11.9 Å². The first kappa shape index (κ1) is 31.2. The van der Waals surface area contributed by atoms with E-state index in [9.17, 15) is 9.59 Å². The first-order valence-electron chi connectivity index (χ1n) is 14.4. The molecule has 0 aliphatic heterocycles. The summed E-state index contributed by atoms with van der Waals surface area (Å²) in [4.78, 5) is 36.3. The molecule has 10 nitrogen and oxygen atoms in total. The molecule has 230 valence electrons. The van der Waals surface area contributed by atoms with Gasteiger partial charge in [0, 0.05) is 46.8 Å². The highest BCUT2D eigenvalue weighted by atomic mass is 35.5. The fourth-order valence-corrected chi connectivity index (χ4v) is 4.75. The van der Waals surface area contributed by atoms with Gasteiger partial charge >= 0.3 is 0 Å². The third-order valence-corrected chi connectivity index (χ3v) is 6.78. The van der Waals surface area contributed by atoms with Crippen molar-refractivity contribution in [3.8, 4) is 11.6 Å². The summed E-state index contributed by atoms with van der Waals surface area (Å²) in [6.07, 6.45) is 6.72. The van der Waals surface area contributed by atoms with E-state index >= 15 is 0 Å². The van der Waals surface area contributed by atoms with Crippen molar-refractivity contribution in [2.45, 2.75) is 20.0 Å². The molecule has 0 fully saturated rings. The summed E-state index contributed by atoms with van der Waals surface area (Å²) in [5.74, 6) is 1.04. The van der Waals surface area contributed by atoms with Crippen LogP contribution in [0.25, 0.3) is 16.7 Å². The predicted molar refractivity (Wildman–Crippen MR) is 180 cm³/mol. The highest BCUT2D eigenvalue weighted by molar-refractivity contribution is 6.32. The Balaban J connectivity index is 1.29. The van der Waals surface area contributed by atoms with E-state index < -0.39 is 0 Å². The summed E-state index contributed by atoms with van der Waals surface area (Å²) in [6.45, 7) is 4.62. The zero-order valence-electron chi connectivity index (χ0n) is 25.4. The lowest BCUT2D eigenvalue weighted by molar-refractivity contribution is -0.111. The molecule has 0 spiro atoms. The van der Waals surface area contributed by atoms with Gasteiger partial charge in [-0.05, 0) is 82.5 Å². The van der Waals surface area contributed by atoms with Crippen LogP contribution < -0.4 is 20.7 Å². The molecule has 11 heteroatoms. The molecule has 0 unspecified atom stereocenters. The fourth-order valence-electron chi connectivity index (χ4n) is 4.57. The van der Waals surface area contributed by atoms with Gasteiger partial charge in [-0.25, -0.2) is 4.98 Å². The number of likely N-dealkylation sites (N-methyl/N-ethyl adjacent to an activating group) is 1. The molecule has 2 heterocycles. The van der Waals surface area contributed by atoms with Crippen LogP contribution in [0.3, 0.4) is 0 Å². The number of fused-ring (bicyclic) bond motifs is 1. The number of rotatable bonds is 11. The monoisotopic (exact) mass is 623 g/mol. The summed E-state index contributed by atoms with van der Waals surface area (Å²) in [5.41, 5.74) is 3.04. The van der Waals surface area contributed by atoms with Gasteiger partial charge in [-0.2, -0.15) is 4.98 Å². The minimum atomic E-state index is -0.322. The molecule has 0 saturated carbocycles. The van der Waals surface area contributed by atoms with Crippen molar-refractivity contribution in [2.75, 3.05) is 36.6 Å². The lowest BCUT2D eigenvalue weighted by atomic mass is 10.1. The minimum absolute atomic E-state index is 0.0384. The van der Waals surface area contributed by atoms with Crippen molar-refractivity contribution in [1.82, 2.24) is 19.4 Å². The number of ether oxygens (including phenoxy) is 1. The Labute approximate surface area is 266 Å². The van der Waals surface area contributed by atoms with Gasteiger partial charge in [0.05, 0.1) is 17.8 Å². The van der Waals surface area contributed by atoms with Gasteiger partial charge in [-0.15, -0.1) is 0 Å². The van der Waals surface area contributed by atoms with Crippen LogP contribution in [-0.2, 0) is 4.79 Å². The van der Waals surface area contributed by atoms with E-state index in [1.807, 2.05) is 73.9 Å². The van der Waals surface area contributed by atoms with Crippen molar-refractivity contribution in [1.29, 1.82) is 0 Å². The number of carbonyl (C=O) groups is 2. The Hall–Kier alpha value is -5.19. The number of carbonyl (C=O) groups excluding carboxylic acids is 2. The number of benzene rings is 3. The molecule has 0 aliphatic rings. The Morgan fingerprint density at radius 3 is 2.49 bits per heavy atom. The number of nitrogens with zero attached hydrogens (tertiary/aromatic N) is 4. The van der Waals surface area contributed by atoms with Crippen LogP contribution in [0.1, 0.15) is 24.2 Å². The maximum absolute atomic E-state index is 13.1. The molecule has 0 saturated heterocycles. The van der Waals surface area contributed by atoms with E-state index in [0.29, 0.717) is 46.0 Å². The van der Waals surface area contributed by atoms with Gasteiger partial charge in [-0.1, -0.05) is 35.9 Å².